The summed E-state index contributed by atoms with van der Waals surface area (Å²) in [5.41, 5.74) is 18.9. The Morgan fingerprint density at radius 1 is 0.390 bits per heavy atom. The molecule has 0 amide bonds. The first kappa shape index (κ1) is 38.7. The standard InChI is InChI=1S/C57H50N2/c1-5-45-39-43(3)27-37-57(45)59(41-55(50-22-14-8-15-23-50)51-24-16-9-17-25-51)53-34-30-47(31-35-53)46-28-32-52(33-29-46)58(56-36-26-42(2)38-44(56)4)40-54(48-18-10-6-11-19-48)49-20-12-7-13-21-49/h6-41H,5H2,1-4H3. The third-order valence-electron chi connectivity index (χ3n) is 11.0. The van der Waals surface area contributed by atoms with Crippen LogP contribution in [-0.4, -0.2) is 0 Å². The lowest BCUT2D eigenvalue weighted by atomic mass is 9.97. The van der Waals surface area contributed by atoms with Crippen LogP contribution >= 0.6 is 0 Å². The Bertz CT molecular complexity index is 2600. The quantitative estimate of drug-likeness (QED) is 0.122. The van der Waals surface area contributed by atoms with E-state index in [0.717, 1.165) is 40.2 Å². The number of hydrogen-bond acceptors (Lipinski definition) is 2. The molecule has 0 saturated heterocycles. The second kappa shape index (κ2) is 18.0. The average molecular weight is 763 g/mol. The van der Waals surface area contributed by atoms with Gasteiger partial charge in [0.05, 0.1) is 0 Å². The highest BCUT2D eigenvalue weighted by atomic mass is 15.1. The lowest BCUT2D eigenvalue weighted by Crippen LogP contribution is -2.12. The van der Waals surface area contributed by atoms with Crippen molar-refractivity contribution in [3.8, 4) is 11.1 Å². The zero-order valence-corrected chi connectivity index (χ0v) is 34.4. The predicted octanol–water partition coefficient (Wildman–Crippen LogP) is 15.3. The van der Waals surface area contributed by atoms with Gasteiger partial charge in [-0.05, 0) is 108 Å². The van der Waals surface area contributed by atoms with Gasteiger partial charge in [-0.3, -0.25) is 0 Å². The van der Waals surface area contributed by atoms with Gasteiger partial charge in [-0.2, -0.15) is 0 Å². The van der Waals surface area contributed by atoms with E-state index < -0.39 is 0 Å². The summed E-state index contributed by atoms with van der Waals surface area (Å²) in [6.45, 7) is 8.76. The predicted molar refractivity (Wildman–Crippen MR) is 253 cm³/mol. The van der Waals surface area contributed by atoms with Crippen LogP contribution in [0.5, 0.6) is 0 Å². The molecule has 8 aromatic carbocycles. The summed E-state index contributed by atoms with van der Waals surface area (Å²) >= 11 is 0. The van der Waals surface area contributed by atoms with Crippen LogP contribution in [0.2, 0.25) is 0 Å². The van der Waals surface area contributed by atoms with Crippen LogP contribution in [0.3, 0.4) is 0 Å². The zero-order valence-electron chi connectivity index (χ0n) is 34.4. The Kier molecular flexibility index (Phi) is 11.8. The molecule has 0 aliphatic carbocycles. The summed E-state index contributed by atoms with van der Waals surface area (Å²) in [4.78, 5) is 4.71. The summed E-state index contributed by atoms with van der Waals surface area (Å²) in [5.74, 6) is 0. The van der Waals surface area contributed by atoms with Gasteiger partial charge < -0.3 is 9.80 Å². The number of nitrogens with zero attached hydrogens (tertiary/aromatic N) is 2. The van der Waals surface area contributed by atoms with Crippen molar-refractivity contribution in [2.45, 2.75) is 34.1 Å². The summed E-state index contributed by atoms with van der Waals surface area (Å²) in [7, 11) is 0. The van der Waals surface area contributed by atoms with E-state index in [1.807, 2.05) is 0 Å². The van der Waals surface area contributed by atoms with E-state index in [-0.39, 0.29) is 0 Å². The molecule has 8 rings (SSSR count). The molecule has 0 heterocycles. The fourth-order valence-corrected chi connectivity index (χ4v) is 7.86. The third kappa shape index (κ3) is 8.88. The summed E-state index contributed by atoms with van der Waals surface area (Å²) in [6.07, 6.45) is 5.54. The molecular weight excluding hydrogens is 713 g/mol. The highest BCUT2D eigenvalue weighted by Crippen LogP contribution is 2.38. The molecule has 2 heteroatoms. The first-order valence-electron chi connectivity index (χ1n) is 20.6. The van der Waals surface area contributed by atoms with Crippen LogP contribution in [0.4, 0.5) is 22.7 Å². The van der Waals surface area contributed by atoms with Crippen molar-refractivity contribution in [1.29, 1.82) is 0 Å². The molecular formula is C57H50N2. The first-order valence-corrected chi connectivity index (χ1v) is 20.6. The molecule has 0 N–H and O–H groups in total. The molecule has 59 heavy (non-hydrogen) atoms. The van der Waals surface area contributed by atoms with Crippen LogP contribution in [0.1, 0.15) is 51.4 Å². The second-order valence-electron chi connectivity index (χ2n) is 15.2. The van der Waals surface area contributed by atoms with E-state index in [2.05, 4.69) is 256 Å². The molecule has 0 radical (unpaired) electrons. The normalized spacial score (nSPS) is 10.8. The van der Waals surface area contributed by atoms with Gasteiger partial charge in [0.25, 0.3) is 0 Å². The van der Waals surface area contributed by atoms with Crippen molar-refractivity contribution in [2.24, 2.45) is 0 Å². The van der Waals surface area contributed by atoms with E-state index in [4.69, 9.17) is 0 Å². The van der Waals surface area contributed by atoms with Gasteiger partial charge in [-0.15, -0.1) is 0 Å². The maximum atomic E-state index is 2.37. The second-order valence-corrected chi connectivity index (χ2v) is 15.2. The van der Waals surface area contributed by atoms with Crippen molar-refractivity contribution >= 4 is 33.9 Å². The van der Waals surface area contributed by atoms with Crippen molar-refractivity contribution in [2.75, 3.05) is 9.80 Å². The highest BCUT2D eigenvalue weighted by molar-refractivity contribution is 5.86. The van der Waals surface area contributed by atoms with Crippen molar-refractivity contribution in [3.63, 3.8) is 0 Å². The first-order chi connectivity index (χ1) is 28.9. The highest BCUT2D eigenvalue weighted by Gasteiger charge is 2.17. The largest absolute Gasteiger partial charge is 0.316 e. The third-order valence-corrected chi connectivity index (χ3v) is 11.0. The number of aryl methyl sites for hydroxylation is 4. The van der Waals surface area contributed by atoms with Crippen LogP contribution in [0.25, 0.3) is 22.3 Å². The summed E-state index contributed by atoms with van der Waals surface area (Å²) in [6, 6.07) is 74.2. The SMILES string of the molecule is CCc1cc(C)ccc1N(C=C(c1ccccc1)c1ccccc1)c1ccc(-c2ccc(N(C=C(c3ccccc3)c3ccccc3)c3ccc(C)cc3C)cc2)cc1. The molecule has 0 fully saturated rings. The van der Waals surface area contributed by atoms with Gasteiger partial charge in [-0.25, -0.2) is 0 Å². The monoisotopic (exact) mass is 762 g/mol. The Balaban J connectivity index is 1.19. The minimum absolute atomic E-state index is 0.935. The van der Waals surface area contributed by atoms with Crippen LogP contribution in [-0.2, 0) is 6.42 Å². The maximum Gasteiger partial charge on any atom is 0.0487 e. The maximum absolute atomic E-state index is 2.37. The van der Waals surface area contributed by atoms with Crippen molar-refractivity contribution in [1.82, 2.24) is 0 Å². The molecule has 0 aliphatic rings. The number of rotatable bonds is 12. The van der Waals surface area contributed by atoms with Gasteiger partial charge in [0, 0.05) is 46.3 Å². The van der Waals surface area contributed by atoms with E-state index in [1.165, 1.54) is 55.8 Å². The van der Waals surface area contributed by atoms with Crippen LogP contribution < -0.4 is 9.80 Å². The Hall–Kier alpha value is -7.16. The Labute approximate surface area is 350 Å². The molecule has 0 bridgehead atoms. The van der Waals surface area contributed by atoms with Gasteiger partial charge >= 0.3 is 0 Å². The Morgan fingerprint density at radius 2 is 0.746 bits per heavy atom. The van der Waals surface area contributed by atoms with E-state index in [1.54, 1.807) is 0 Å². The van der Waals surface area contributed by atoms with Crippen molar-refractivity contribution < 1.29 is 0 Å². The van der Waals surface area contributed by atoms with E-state index in [9.17, 15) is 0 Å². The van der Waals surface area contributed by atoms with E-state index >= 15 is 0 Å². The smallest absolute Gasteiger partial charge is 0.0487 e. The Morgan fingerprint density at radius 3 is 1.12 bits per heavy atom. The van der Waals surface area contributed by atoms with Crippen LogP contribution in [0.15, 0.2) is 219 Å². The minimum Gasteiger partial charge on any atom is -0.316 e. The number of benzene rings is 8. The fourth-order valence-electron chi connectivity index (χ4n) is 7.86. The van der Waals surface area contributed by atoms with Gasteiger partial charge in [0.2, 0.25) is 0 Å². The number of hydrogen-bond donors (Lipinski definition) is 0. The van der Waals surface area contributed by atoms with Gasteiger partial charge in [0.1, 0.15) is 0 Å². The molecule has 0 saturated carbocycles. The molecule has 0 spiro atoms. The summed E-state index contributed by atoms with van der Waals surface area (Å²) < 4.78 is 0. The topological polar surface area (TPSA) is 6.48 Å². The van der Waals surface area contributed by atoms with E-state index in [0.29, 0.717) is 0 Å². The van der Waals surface area contributed by atoms with Crippen molar-refractivity contribution in [3.05, 3.63) is 263 Å². The molecule has 0 atom stereocenters. The van der Waals surface area contributed by atoms with Gasteiger partial charge in [0.15, 0.2) is 0 Å². The lowest BCUT2D eigenvalue weighted by Gasteiger charge is -2.26. The lowest BCUT2D eigenvalue weighted by molar-refractivity contribution is 1.10. The zero-order chi connectivity index (χ0) is 40.6. The molecule has 288 valence electrons. The van der Waals surface area contributed by atoms with Crippen LogP contribution in [0, 0.1) is 20.8 Å². The molecule has 2 nitrogen and oxygen atoms in total. The number of anilines is 4. The minimum atomic E-state index is 0.935. The average Bonchev–Trinajstić information content (AvgIpc) is 3.29. The molecule has 0 aromatic heterocycles. The summed E-state index contributed by atoms with van der Waals surface area (Å²) in [5, 5.41) is 0. The molecule has 0 aliphatic heterocycles. The molecule has 8 aromatic rings. The fraction of sp³-hybridized carbons (Fsp3) is 0.0877. The van der Waals surface area contributed by atoms with Gasteiger partial charge in [-0.1, -0.05) is 188 Å². The molecule has 0 unspecified atom stereocenters.